The molecule has 0 saturated carbocycles. The van der Waals surface area contributed by atoms with Crippen LogP contribution in [0.15, 0.2) is 46.9 Å². The maximum atomic E-state index is 6.04. The number of hydrogen-bond donors (Lipinski definition) is 0. The Kier molecular flexibility index (Phi) is 3.94. The van der Waals surface area contributed by atoms with Crippen LogP contribution in [0.4, 0.5) is 0 Å². The largest absolute Gasteiger partial charge is 0.465 e. The van der Waals surface area contributed by atoms with Crippen LogP contribution in [-0.4, -0.2) is 41.5 Å². The second-order valence-corrected chi connectivity index (χ2v) is 8.02. The summed E-state index contributed by atoms with van der Waals surface area (Å²) in [7, 11) is 0. The summed E-state index contributed by atoms with van der Waals surface area (Å²) in [6, 6.07) is 16.9. The Morgan fingerprint density at radius 2 is 1.72 bits per heavy atom. The Labute approximate surface area is 150 Å². The molecule has 6 rings (SSSR count). The minimum atomic E-state index is 0.634. The van der Waals surface area contributed by atoms with Gasteiger partial charge in [-0.15, -0.1) is 0 Å². The van der Waals surface area contributed by atoms with Gasteiger partial charge in [0.1, 0.15) is 11.5 Å². The molecule has 4 aliphatic heterocycles. The molecule has 1 aromatic heterocycles. The van der Waals surface area contributed by atoms with Crippen LogP contribution in [0.3, 0.4) is 0 Å². The van der Waals surface area contributed by atoms with E-state index in [1.165, 1.54) is 31.5 Å². The van der Waals surface area contributed by atoms with E-state index in [9.17, 15) is 0 Å². The molecule has 4 saturated heterocycles. The van der Waals surface area contributed by atoms with Crippen molar-refractivity contribution in [1.82, 2.24) is 9.80 Å². The van der Waals surface area contributed by atoms with E-state index in [1.807, 2.05) is 0 Å². The Morgan fingerprint density at radius 1 is 0.960 bits per heavy atom. The fraction of sp³-hybridized carbons (Fsp3) is 0.545. The van der Waals surface area contributed by atoms with Crippen molar-refractivity contribution < 1.29 is 4.42 Å². The molecule has 3 heteroatoms. The fourth-order valence-electron chi connectivity index (χ4n) is 5.61. The third-order valence-corrected chi connectivity index (χ3v) is 6.75. The minimum absolute atomic E-state index is 0.634. The number of furan rings is 1. The van der Waals surface area contributed by atoms with Crippen molar-refractivity contribution in [2.45, 2.75) is 50.7 Å². The van der Waals surface area contributed by atoms with Gasteiger partial charge in [-0.3, -0.25) is 9.80 Å². The van der Waals surface area contributed by atoms with Gasteiger partial charge in [0, 0.05) is 31.0 Å². The molecule has 3 nitrogen and oxygen atoms in total. The number of benzene rings is 1. The number of aryl methyl sites for hydroxylation is 1. The van der Waals surface area contributed by atoms with E-state index in [4.69, 9.17) is 4.42 Å². The van der Waals surface area contributed by atoms with Crippen molar-refractivity contribution in [3.63, 3.8) is 0 Å². The topological polar surface area (TPSA) is 19.6 Å². The maximum Gasteiger partial charge on any atom is 0.118 e. The van der Waals surface area contributed by atoms with Gasteiger partial charge in [-0.05, 0) is 49.5 Å². The number of hydrogen-bond acceptors (Lipinski definition) is 3. The predicted molar refractivity (Wildman–Crippen MR) is 99.6 cm³/mol. The Bertz CT molecular complexity index is 717. The van der Waals surface area contributed by atoms with E-state index in [2.05, 4.69) is 59.2 Å². The van der Waals surface area contributed by atoms with E-state index in [0.29, 0.717) is 18.0 Å². The van der Waals surface area contributed by atoms with Gasteiger partial charge in [-0.25, -0.2) is 0 Å². The lowest BCUT2D eigenvalue weighted by molar-refractivity contribution is -0.0102. The number of fused-ring (bicyclic) bond motifs is 2. The average molecular weight is 336 g/mol. The summed E-state index contributed by atoms with van der Waals surface area (Å²) in [5, 5.41) is 0. The third-order valence-electron chi connectivity index (χ3n) is 6.75. The highest BCUT2D eigenvalue weighted by atomic mass is 16.3. The number of piperidine rings is 3. The summed E-state index contributed by atoms with van der Waals surface area (Å²) in [5.41, 5.74) is 1.52. The first kappa shape index (κ1) is 15.7. The highest BCUT2D eigenvalue weighted by Gasteiger charge is 2.53. The number of likely N-dealkylation sites (tertiary alicyclic amines) is 1. The molecule has 0 radical (unpaired) electrons. The van der Waals surface area contributed by atoms with E-state index < -0.39 is 0 Å². The molecular weight excluding hydrogens is 308 g/mol. The van der Waals surface area contributed by atoms with Crippen molar-refractivity contribution in [3.05, 3.63) is 59.5 Å². The van der Waals surface area contributed by atoms with Crippen LogP contribution in [0.1, 0.15) is 42.8 Å². The van der Waals surface area contributed by atoms with E-state index in [1.54, 1.807) is 0 Å². The maximum absolute atomic E-state index is 6.04. The van der Waals surface area contributed by atoms with Crippen LogP contribution in [0.5, 0.6) is 0 Å². The molecule has 0 spiro atoms. The zero-order chi connectivity index (χ0) is 16.8. The summed E-state index contributed by atoms with van der Waals surface area (Å²) in [6.07, 6.45) is 3.73. The first-order valence-corrected chi connectivity index (χ1v) is 9.94. The normalized spacial score (nSPS) is 34.4. The van der Waals surface area contributed by atoms with Crippen LogP contribution in [0, 0.1) is 5.92 Å². The minimum Gasteiger partial charge on any atom is -0.465 e. The summed E-state index contributed by atoms with van der Waals surface area (Å²) >= 11 is 0. The first-order valence-electron chi connectivity index (χ1n) is 9.94. The predicted octanol–water partition coefficient (Wildman–Crippen LogP) is 3.90. The van der Waals surface area contributed by atoms with Gasteiger partial charge >= 0.3 is 0 Å². The molecule has 0 N–H and O–H groups in total. The molecule has 3 atom stereocenters. The second kappa shape index (κ2) is 6.30. The number of nitrogens with zero attached hydrogens (tertiary/aromatic N) is 2. The zero-order valence-electron chi connectivity index (χ0n) is 15.1. The third kappa shape index (κ3) is 2.65. The van der Waals surface area contributed by atoms with Crippen molar-refractivity contribution >= 4 is 0 Å². The van der Waals surface area contributed by atoms with Crippen molar-refractivity contribution in [2.75, 3.05) is 19.6 Å². The molecule has 4 aliphatic rings. The highest BCUT2D eigenvalue weighted by Crippen LogP contribution is 2.46. The molecule has 5 heterocycles. The monoisotopic (exact) mass is 336 g/mol. The molecule has 132 valence electrons. The molecule has 0 unspecified atom stereocenters. The van der Waals surface area contributed by atoms with Gasteiger partial charge in [-0.2, -0.15) is 0 Å². The molecule has 2 aromatic rings. The van der Waals surface area contributed by atoms with E-state index >= 15 is 0 Å². The summed E-state index contributed by atoms with van der Waals surface area (Å²) < 4.78 is 6.04. The SMILES string of the molecule is CCc1ccc(CN2C[C@H](c3ccccc3)[C@H]3[C@@H]2C2CCN3CC2)o1. The molecule has 0 aliphatic carbocycles. The van der Waals surface area contributed by atoms with Crippen LogP contribution in [0.2, 0.25) is 0 Å². The first-order chi connectivity index (χ1) is 12.3. The molecular formula is C22H28N2O. The standard InChI is InChI=1S/C22H28N2O/c1-2-18-8-9-19(25-18)14-24-15-20(16-6-4-3-5-7-16)22-21(24)17-10-12-23(22)13-11-17/h3-9,17,20-22H,2,10-15H2,1H3/t20-,21+,22+/m1/s1. The quantitative estimate of drug-likeness (QED) is 0.844. The van der Waals surface area contributed by atoms with Crippen LogP contribution in [-0.2, 0) is 13.0 Å². The van der Waals surface area contributed by atoms with Gasteiger partial charge in [0.05, 0.1) is 6.54 Å². The Morgan fingerprint density at radius 3 is 2.44 bits per heavy atom. The molecule has 1 aromatic carbocycles. The van der Waals surface area contributed by atoms with Gasteiger partial charge in [0.2, 0.25) is 0 Å². The van der Waals surface area contributed by atoms with Crippen molar-refractivity contribution in [3.8, 4) is 0 Å². The summed E-state index contributed by atoms with van der Waals surface area (Å²) in [6.45, 7) is 6.88. The van der Waals surface area contributed by atoms with Crippen LogP contribution in [0.25, 0.3) is 0 Å². The summed E-state index contributed by atoms with van der Waals surface area (Å²) in [5.74, 6) is 3.75. The smallest absolute Gasteiger partial charge is 0.118 e. The second-order valence-electron chi connectivity index (χ2n) is 8.02. The number of rotatable bonds is 4. The van der Waals surface area contributed by atoms with Gasteiger partial charge in [0.15, 0.2) is 0 Å². The van der Waals surface area contributed by atoms with Crippen molar-refractivity contribution in [2.24, 2.45) is 5.92 Å². The molecule has 4 fully saturated rings. The lowest BCUT2D eigenvalue weighted by Gasteiger charge is -2.51. The Balaban J connectivity index is 1.45. The average Bonchev–Trinajstić information content (AvgIpc) is 3.30. The lowest BCUT2D eigenvalue weighted by atomic mass is 9.75. The van der Waals surface area contributed by atoms with Crippen LogP contribution >= 0.6 is 0 Å². The van der Waals surface area contributed by atoms with Gasteiger partial charge in [-0.1, -0.05) is 37.3 Å². The van der Waals surface area contributed by atoms with Crippen molar-refractivity contribution in [1.29, 1.82) is 0 Å². The highest BCUT2D eigenvalue weighted by molar-refractivity contribution is 5.27. The summed E-state index contributed by atoms with van der Waals surface area (Å²) in [4.78, 5) is 5.51. The van der Waals surface area contributed by atoms with Gasteiger partial charge < -0.3 is 4.42 Å². The molecule has 2 bridgehead atoms. The zero-order valence-corrected chi connectivity index (χ0v) is 15.1. The molecule has 0 amide bonds. The fourth-order valence-corrected chi connectivity index (χ4v) is 5.61. The van der Waals surface area contributed by atoms with E-state index in [0.717, 1.165) is 36.9 Å². The van der Waals surface area contributed by atoms with Gasteiger partial charge in [0.25, 0.3) is 0 Å². The lowest BCUT2D eigenvalue weighted by Crippen LogP contribution is -2.59. The van der Waals surface area contributed by atoms with Crippen LogP contribution < -0.4 is 0 Å². The van der Waals surface area contributed by atoms with E-state index in [-0.39, 0.29) is 0 Å². The Hall–Kier alpha value is -1.58. The molecule has 25 heavy (non-hydrogen) atoms.